The van der Waals surface area contributed by atoms with E-state index < -0.39 is 0 Å². The summed E-state index contributed by atoms with van der Waals surface area (Å²) in [5.74, 6) is 1.35. The summed E-state index contributed by atoms with van der Waals surface area (Å²) >= 11 is 0. The van der Waals surface area contributed by atoms with Crippen LogP contribution in [-0.4, -0.2) is 39.1 Å². The summed E-state index contributed by atoms with van der Waals surface area (Å²) < 4.78 is 5.22. The normalized spacial score (nSPS) is 18.5. The molecule has 7 nitrogen and oxygen atoms in total. The van der Waals surface area contributed by atoms with Crippen molar-refractivity contribution in [3.8, 4) is 0 Å². The lowest BCUT2D eigenvalue weighted by Crippen LogP contribution is -2.41. The fourth-order valence-electron chi connectivity index (χ4n) is 2.48. The number of pyridine rings is 1. The van der Waals surface area contributed by atoms with Crippen LogP contribution in [0.25, 0.3) is 0 Å². The van der Waals surface area contributed by atoms with Crippen LogP contribution in [0.1, 0.15) is 30.5 Å². The third kappa shape index (κ3) is 3.18. The Hall–Kier alpha value is -2.44. The third-order valence-corrected chi connectivity index (χ3v) is 3.51. The van der Waals surface area contributed by atoms with E-state index in [9.17, 15) is 4.79 Å². The zero-order valence-corrected chi connectivity index (χ0v) is 11.8. The summed E-state index contributed by atoms with van der Waals surface area (Å²) in [7, 11) is 0. The zero-order valence-electron chi connectivity index (χ0n) is 11.8. The molecule has 0 aliphatic carbocycles. The molecule has 0 spiro atoms. The Kier molecular flexibility index (Phi) is 3.81. The lowest BCUT2D eigenvalue weighted by Gasteiger charge is -2.31. The number of likely N-dealkylation sites (tertiary alicyclic amines) is 1. The molecule has 2 amide bonds. The summed E-state index contributed by atoms with van der Waals surface area (Å²) in [6.45, 7) is 3.12. The van der Waals surface area contributed by atoms with Gasteiger partial charge in [-0.1, -0.05) is 5.16 Å². The van der Waals surface area contributed by atoms with Crippen LogP contribution in [0, 0.1) is 6.92 Å². The van der Waals surface area contributed by atoms with E-state index in [1.54, 1.807) is 30.3 Å². The maximum absolute atomic E-state index is 12.3. The van der Waals surface area contributed by atoms with E-state index >= 15 is 0 Å². The van der Waals surface area contributed by atoms with E-state index in [0.717, 1.165) is 19.4 Å². The van der Waals surface area contributed by atoms with E-state index in [1.807, 2.05) is 6.07 Å². The monoisotopic (exact) mass is 287 g/mol. The number of anilines is 1. The highest BCUT2D eigenvalue weighted by Gasteiger charge is 2.28. The average Bonchev–Trinajstić information content (AvgIpc) is 2.95. The maximum Gasteiger partial charge on any atom is 0.321 e. The Labute approximate surface area is 122 Å². The summed E-state index contributed by atoms with van der Waals surface area (Å²) in [5, 5.41) is 6.66. The van der Waals surface area contributed by atoms with Crippen LogP contribution in [-0.2, 0) is 0 Å². The molecule has 0 aromatic carbocycles. The SMILES string of the molecule is Cc1noc([C@@H]2CCCN(C(=O)Nc3cccnc3)C2)n1. The summed E-state index contributed by atoms with van der Waals surface area (Å²) in [4.78, 5) is 22.3. The van der Waals surface area contributed by atoms with Gasteiger partial charge in [-0.25, -0.2) is 4.79 Å². The molecule has 3 rings (SSSR count). The van der Waals surface area contributed by atoms with Crippen LogP contribution >= 0.6 is 0 Å². The molecule has 1 saturated heterocycles. The Morgan fingerprint density at radius 3 is 3.14 bits per heavy atom. The van der Waals surface area contributed by atoms with Crippen molar-refractivity contribution in [3.05, 3.63) is 36.2 Å². The van der Waals surface area contributed by atoms with Gasteiger partial charge in [0.2, 0.25) is 5.89 Å². The number of carbonyl (C=O) groups is 1. The number of piperidine rings is 1. The van der Waals surface area contributed by atoms with Crippen molar-refractivity contribution in [1.82, 2.24) is 20.0 Å². The molecule has 7 heteroatoms. The van der Waals surface area contributed by atoms with Gasteiger partial charge in [0, 0.05) is 19.3 Å². The van der Waals surface area contributed by atoms with Gasteiger partial charge in [-0.15, -0.1) is 0 Å². The molecule has 2 aromatic rings. The van der Waals surface area contributed by atoms with Crippen LogP contribution in [0.3, 0.4) is 0 Å². The molecule has 2 aromatic heterocycles. The van der Waals surface area contributed by atoms with Gasteiger partial charge in [0.05, 0.1) is 17.8 Å². The topological polar surface area (TPSA) is 84.2 Å². The molecule has 110 valence electrons. The zero-order chi connectivity index (χ0) is 14.7. The molecular weight excluding hydrogens is 270 g/mol. The van der Waals surface area contributed by atoms with Crippen LogP contribution in [0.4, 0.5) is 10.5 Å². The van der Waals surface area contributed by atoms with Gasteiger partial charge < -0.3 is 14.7 Å². The number of carbonyl (C=O) groups excluding carboxylic acids is 1. The molecule has 0 bridgehead atoms. The fourth-order valence-corrected chi connectivity index (χ4v) is 2.48. The first-order valence-corrected chi connectivity index (χ1v) is 6.98. The van der Waals surface area contributed by atoms with E-state index in [0.29, 0.717) is 23.9 Å². The minimum absolute atomic E-state index is 0.111. The van der Waals surface area contributed by atoms with Gasteiger partial charge in [-0.2, -0.15) is 4.98 Å². The molecule has 0 radical (unpaired) electrons. The highest BCUT2D eigenvalue weighted by Crippen LogP contribution is 2.26. The van der Waals surface area contributed by atoms with E-state index in [4.69, 9.17) is 4.52 Å². The lowest BCUT2D eigenvalue weighted by atomic mass is 9.98. The number of amides is 2. The number of hydrogen-bond acceptors (Lipinski definition) is 5. The van der Waals surface area contributed by atoms with Gasteiger partial charge in [0.1, 0.15) is 0 Å². The van der Waals surface area contributed by atoms with Gasteiger partial charge in [0.15, 0.2) is 5.82 Å². The number of hydrogen-bond donors (Lipinski definition) is 1. The van der Waals surface area contributed by atoms with Crippen molar-refractivity contribution in [1.29, 1.82) is 0 Å². The number of aromatic nitrogens is 3. The fraction of sp³-hybridized carbons (Fsp3) is 0.429. The molecule has 0 saturated carbocycles. The minimum atomic E-state index is -0.121. The molecule has 0 unspecified atom stereocenters. The molecular formula is C14H17N5O2. The van der Waals surface area contributed by atoms with Crippen LogP contribution in [0.15, 0.2) is 29.0 Å². The highest BCUT2D eigenvalue weighted by molar-refractivity contribution is 5.89. The maximum atomic E-state index is 12.3. The van der Waals surface area contributed by atoms with Crippen molar-refractivity contribution in [2.45, 2.75) is 25.7 Å². The minimum Gasteiger partial charge on any atom is -0.339 e. The Balaban J connectivity index is 1.64. The van der Waals surface area contributed by atoms with Gasteiger partial charge in [0.25, 0.3) is 0 Å². The van der Waals surface area contributed by atoms with Crippen molar-refractivity contribution >= 4 is 11.7 Å². The number of nitrogens with zero attached hydrogens (tertiary/aromatic N) is 4. The predicted octanol–water partition coefficient (Wildman–Crippen LogP) is 2.18. The quantitative estimate of drug-likeness (QED) is 0.915. The van der Waals surface area contributed by atoms with Crippen molar-refractivity contribution in [2.75, 3.05) is 18.4 Å². The summed E-state index contributed by atoms with van der Waals surface area (Å²) in [5.41, 5.74) is 0.693. The molecule has 1 fully saturated rings. The van der Waals surface area contributed by atoms with Crippen LogP contribution < -0.4 is 5.32 Å². The molecule has 3 heterocycles. The largest absolute Gasteiger partial charge is 0.339 e. The Morgan fingerprint density at radius 2 is 2.43 bits per heavy atom. The summed E-state index contributed by atoms with van der Waals surface area (Å²) in [6, 6.07) is 3.48. The number of urea groups is 1. The smallest absolute Gasteiger partial charge is 0.321 e. The molecule has 1 N–H and O–H groups in total. The third-order valence-electron chi connectivity index (χ3n) is 3.51. The second kappa shape index (κ2) is 5.90. The Morgan fingerprint density at radius 1 is 1.52 bits per heavy atom. The number of aryl methyl sites for hydroxylation is 1. The number of nitrogens with one attached hydrogen (secondary N) is 1. The van der Waals surface area contributed by atoms with E-state index in [2.05, 4.69) is 20.4 Å². The second-order valence-corrected chi connectivity index (χ2v) is 5.14. The molecule has 1 atom stereocenters. The predicted molar refractivity (Wildman–Crippen MR) is 75.8 cm³/mol. The number of rotatable bonds is 2. The first-order chi connectivity index (χ1) is 10.2. The first kappa shape index (κ1) is 13.5. The van der Waals surface area contributed by atoms with Gasteiger partial charge in [-0.05, 0) is 31.9 Å². The van der Waals surface area contributed by atoms with Gasteiger partial charge >= 0.3 is 6.03 Å². The second-order valence-electron chi connectivity index (χ2n) is 5.14. The summed E-state index contributed by atoms with van der Waals surface area (Å²) in [6.07, 6.45) is 5.18. The lowest BCUT2D eigenvalue weighted by molar-refractivity contribution is 0.184. The van der Waals surface area contributed by atoms with Crippen LogP contribution in [0.5, 0.6) is 0 Å². The van der Waals surface area contributed by atoms with Crippen molar-refractivity contribution in [3.63, 3.8) is 0 Å². The molecule has 1 aliphatic heterocycles. The Bertz CT molecular complexity index is 613. The van der Waals surface area contributed by atoms with Crippen molar-refractivity contribution in [2.24, 2.45) is 0 Å². The first-order valence-electron chi connectivity index (χ1n) is 6.98. The van der Waals surface area contributed by atoms with Crippen LogP contribution in [0.2, 0.25) is 0 Å². The highest BCUT2D eigenvalue weighted by atomic mass is 16.5. The van der Waals surface area contributed by atoms with Gasteiger partial charge in [-0.3, -0.25) is 4.98 Å². The average molecular weight is 287 g/mol. The van der Waals surface area contributed by atoms with E-state index in [1.165, 1.54) is 0 Å². The van der Waals surface area contributed by atoms with Crippen molar-refractivity contribution < 1.29 is 9.32 Å². The molecule has 1 aliphatic rings. The van der Waals surface area contributed by atoms with E-state index in [-0.39, 0.29) is 11.9 Å². The standard InChI is InChI=1S/C14H17N5O2/c1-10-16-13(21-18-10)11-4-3-7-19(9-11)14(20)17-12-5-2-6-15-8-12/h2,5-6,8,11H,3-4,7,9H2,1H3,(H,17,20)/t11-/m1/s1. The molecule has 21 heavy (non-hydrogen) atoms.